The number of carbonyl (C=O) groups is 1. The molecule has 0 saturated carbocycles. The van der Waals surface area contributed by atoms with Gasteiger partial charge in [-0.3, -0.25) is 4.79 Å². The Bertz CT molecular complexity index is 1010. The van der Waals surface area contributed by atoms with Crippen LogP contribution in [0.1, 0.15) is 56.4 Å². The molecule has 0 bridgehead atoms. The van der Waals surface area contributed by atoms with E-state index in [1.165, 1.54) is 24.3 Å². The fourth-order valence-electron chi connectivity index (χ4n) is 3.44. The minimum absolute atomic E-state index is 0.0705. The molecule has 0 aliphatic rings. The molecule has 1 heterocycles. The average molecular weight is 512 g/mol. The molecule has 3 aromatic rings. The summed E-state index contributed by atoms with van der Waals surface area (Å²) in [5.41, 5.74) is 4.10. The van der Waals surface area contributed by atoms with Crippen LogP contribution in [-0.2, 0) is 0 Å². The first-order valence-electron chi connectivity index (χ1n) is 12.7. The predicted molar refractivity (Wildman–Crippen MR) is 157 cm³/mol. The Kier molecular flexibility index (Phi) is 14.9. The van der Waals surface area contributed by atoms with E-state index in [2.05, 4.69) is 62.1 Å². The second-order valence-electron chi connectivity index (χ2n) is 9.15. The second kappa shape index (κ2) is 17.0. The first-order valence-corrected chi connectivity index (χ1v) is 13.5. The van der Waals surface area contributed by atoms with Crippen LogP contribution in [-0.4, -0.2) is 56.5 Å². The smallest absolute Gasteiger partial charge is 0.171 e. The molecule has 36 heavy (non-hydrogen) atoms. The predicted octanol–water partition coefficient (Wildman–Crippen LogP) is 7.21. The molecule has 2 aromatic carbocycles. The van der Waals surface area contributed by atoms with Gasteiger partial charge in [-0.05, 0) is 69.7 Å². The number of thiazole rings is 1. The lowest BCUT2D eigenvalue weighted by Gasteiger charge is -2.15. The Labute approximate surface area is 222 Å². The molecule has 3 rings (SSSR count). The molecule has 0 spiro atoms. The van der Waals surface area contributed by atoms with Gasteiger partial charge in [-0.25, -0.2) is 4.98 Å². The summed E-state index contributed by atoms with van der Waals surface area (Å²) in [7, 11) is 5.78. The number of benzene rings is 2. The summed E-state index contributed by atoms with van der Waals surface area (Å²) in [5.74, 6) is 1.72. The van der Waals surface area contributed by atoms with Gasteiger partial charge in [0.2, 0.25) is 0 Å². The van der Waals surface area contributed by atoms with Crippen molar-refractivity contribution < 1.29 is 9.53 Å². The van der Waals surface area contributed by atoms with Gasteiger partial charge in [-0.15, -0.1) is 11.3 Å². The summed E-state index contributed by atoms with van der Waals surface area (Å²) in [6, 6.07) is 16.2. The van der Waals surface area contributed by atoms with Gasteiger partial charge in [0, 0.05) is 19.0 Å². The van der Waals surface area contributed by atoms with E-state index >= 15 is 0 Å². The molecule has 5 nitrogen and oxygen atoms in total. The third-order valence-electron chi connectivity index (χ3n) is 5.39. The van der Waals surface area contributed by atoms with E-state index in [0.717, 1.165) is 57.0 Å². The highest BCUT2D eigenvalue weighted by Gasteiger charge is 2.12. The molecular weight excluding hydrogens is 466 g/mol. The Morgan fingerprint density at radius 1 is 1.03 bits per heavy atom. The van der Waals surface area contributed by atoms with Gasteiger partial charge in [0.05, 0.1) is 17.7 Å². The number of ether oxygens (including phenoxy) is 1. The van der Waals surface area contributed by atoms with Crippen molar-refractivity contribution in [3.05, 3.63) is 59.1 Å². The van der Waals surface area contributed by atoms with Crippen LogP contribution in [0.3, 0.4) is 0 Å². The quantitative estimate of drug-likeness (QED) is 0.308. The zero-order valence-electron chi connectivity index (χ0n) is 23.6. The lowest BCUT2D eigenvalue weighted by Crippen LogP contribution is -2.22. The fourth-order valence-corrected chi connectivity index (χ4v) is 4.40. The standard InChI is InChI=1S/C19H17NO2S.C7H17N.C4H11N/c1-12-18(13(2)21)23-19(20-12)16-6-4-14(5-7-16)15-8-10-17(22-3)11-9-15;1-5-8(4)6-7(2)3;1-3-4-5-2/h4-11H,1-3H3;7H,5-6H2,1-4H3;5H,3-4H2,1-2H3. The second-order valence-corrected chi connectivity index (χ2v) is 10.1. The van der Waals surface area contributed by atoms with Gasteiger partial charge in [0.25, 0.3) is 0 Å². The monoisotopic (exact) mass is 511 g/mol. The van der Waals surface area contributed by atoms with Crippen LogP contribution >= 0.6 is 11.3 Å². The Hall–Kier alpha value is -2.54. The van der Waals surface area contributed by atoms with Gasteiger partial charge in [0.1, 0.15) is 10.8 Å². The van der Waals surface area contributed by atoms with Crippen molar-refractivity contribution in [2.45, 2.75) is 48.0 Å². The minimum Gasteiger partial charge on any atom is -0.497 e. The van der Waals surface area contributed by atoms with Crippen LogP contribution in [0.2, 0.25) is 0 Å². The largest absolute Gasteiger partial charge is 0.497 e. The molecule has 0 aliphatic carbocycles. The van der Waals surface area contributed by atoms with Crippen LogP contribution < -0.4 is 10.1 Å². The van der Waals surface area contributed by atoms with Gasteiger partial charge in [-0.1, -0.05) is 64.1 Å². The van der Waals surface area contributed by atoms with Crippen molar-refractivity contribution in [1.29, 1.82) is 0 Å². The summed E-state index contributed by atoms with van der Waals surface area (Å²) in [4.78, 5) is 19.1. The highest BCUT2D eigenvalue weighted by Crippen LogP contribution is 2.30. The van der Waals surface area contributed by atoms with E-state index in [4.69, 9.17) is 4.74 Å². The van der Waals surface area contributed by atoms with Crippen LogP contribution in [0.25, 0.3) is 21.7 Å². The summed E-state index contributed by atoms with van der Waals surface area (Å²) in [5, 5.41) is 3.90. The first kappa shape index (κ1) is 31.5. The molecule has 0 amide bonds. The van der Waals surface area contributed by atoms with E-state index in [0.29, 0.717) is 0 Å². The average Bonchev–Trinajstić information content (AvgIpc) is 3.27. The van der Waals surface area contributed by atoms with Crippen molar-refractivity contribution >= 4 is 17.1 Å². The van der Waals surface area contributed by atoms with Crippen molar-refractivity contribution in [2.24, 2.45) is 5.92 Å². The van der Waals surface area contributed by atoms with Crippen LogP contribution in [0, 0.1) is 12.8 Å². The number of hydrogen-bond acceptors (Lipinski definition) is 6. The summed E-state index contributed by atoms with van der Waals surface area (Å²) >= 11 is 1.45. The third kappa shape index (κ3) is 11.0. The summed E-state index contributed by atoms with van der Waals surface area (Å²) < 4.78 is 5.18. The number of nitrogens with zero attached hydrogens (tertiary/aromatic N) is 2. The summed E-state index contributed by atoms with van der Waals surface area (Å²) in [6.45, 7) is 15.8. The molecule has 0 saturated heterocycles. The van der Waals surface area contributed by atoms with Gasteiger partial charge in [0.15, 0.2) is 5.78 Å². The number of rotatable bonds is 9. The lowest BCUT2D eigenvalue weighted by atomic mass is 10.0. The number of carbonyl (C=O) groups excluding carboxylic acids is 1. The van der Waals surface area contributed by atoms with E-state index in [9.17, 15) is 4.79 Å². The highest BCUT2D eigenvalue weighted by atomic mass is 32.1. The minimum atomic E-state index is 0.0705. The number of methoxy groups -OCH3 is 1. The van der Waals surface area contributed by atoms with Gasteiger partial charge >= 0.3 is 0 Å². The van der Waals surface area contributed by atoms with Crippen LogP contribution in [0.4, 0.5) is 0 Å². The fraction of sp³-hybridized carbons (Fsp3) is 0.467. The molecular formula is C30H45N3O2S. The molecule has 0 radical (unpaired) electrons. The first-order chi connectivity index (χ1) is 17.2. The number of aromatic nitrogens is 1. The Morgan fingerprint density at radius 3 is 1.89 bits per heavy atom. The summed E-state index contributed by atoms with van der Waals surface area (Å²) in [6.07, 6.45) is 1.23. The molecule has 1 N–H and O–H groups in total. The van der Waals surface area contributed by atoms with Crippen molar-refractivity contribution in [2.75, 3.05) is 40.8 Å². The van der Waals surface area contributed by atoms with Gasteiger partial charge in [-0.2, -0.15) is 0 Å². The number of aryl methyl sites for hydroxylation is 1. The SMILES string of the molecule is CCCNC.CCN(C)CC(C)C.COc1ccc(-c2ccc(-c3nc(C)c(C(C)=O)s3)cc2)cc1. The van der Waals surface area contributed by atoms with Crippen molar-refractivity contribution in [1.82, 2.24) is 15.2 Å². The number of ketones is 1. The zero-order chi connectivity index (χ0) is 27.1. The molecule has 1 aromatic heterocycles. The van der Waals surface area contributed by atoms with E-state index in [1.54, 1.807) is 14.0 Å². The van der Waals surface area contributed by atoms with E-state index in [-0.39, 0.29) is 5.78 Å². The normalized spacial score (nSPS) is 10.4. The van der Waals surface area contributed by atoms with Gasteiger partial charge < -0.3 is 15.0 Å². The molecule has 0 aliphatic heterocycles. The molecule has 0 unspecified atom stereocenters. The van der Waals surface area contributed by atoms with E-state index in [1.807, 2.05) is 50.4 Å². The molecule has 0 atom stereocenters. The van der Waals surface area contributed by atoms with Crippen LogP contribution in [0.15, 0.2) is 48.5 Å². The van der Waals surface area contributed by atoms with Crippen molar-refractivity contribution in [3.63, 3.8) is 0 Å². The molecule has 6 heteroatoms. The third-order valence-corrected chi connectivity index (χ3v) is 6.70. The maximum absolute atomic E-state index is 11.6. The molecule has 0 fully saturated rings. The Balaban J connectivity index is 0.000000414. The van der Waals surface area contributed by atoms with Crippen LogP contribution in [0.5, 0.6) is 5.75 Å². The highest BCUT2D eigenvalue weighted by molar-refractivity contribution is 7.17. The maximum Gasteiger partial charge on any atom is 0.171 e. The number of hydrogen-bond donors (Lipinski definition) is 1. The topological polar surface area (TPSA) is 54.5 Å². The number of nitrogens with one attached hydrogen (secondary N) is 1. The van der Waals surface area contributed by atoms with E-state index < -0.39 is 0 Å². The Morgan fingerprint density at radius 2 is 1.56 bits per heavy atom. The zero-order valence-corrected chi connectivity index (χ0v) is 24.5. The maximum atomic E-state index is 11.6. The van der Waals surface area contributed by atoms with Crippen molar-refractivity contribution in [3.8, 4) is 27.4 Å². The number of Topliss-reactive ketones (excluding diaryl/α,β-unsaturated/α-hetero) is 1. The lowest BCUT2D eigenvalue weighted by molar-refractivity contribution is 0.102. The molecule has 198 valence electrons.